The number of benzene rings is 1. The van der Waals surface area contributed by atoms with Crippen LogP contribution in [0.1, 0.15) is 36.5 Å². The third kappa shape index (κ3) is 3.93. The van der Waals surface area contributed by atoms with Crippen LogP contribution in [0.15, 0.2) is 24.3 Å². The number of rotatable bonds is 7. The minimum Gasteiger partial charge on any atom is -0.494 e. The van der Waals surface area contributed by atoms with Crippen LogP contribution in [0.25, 0.3) is 0 Å². The molecule has 1 saturated carbocycles. The van der Waals surface area contributed by atoms with Gasteiger partial charge in [-0.1, -0.05) is 12.2 Å². The second kappa shape index (κ2) is 6.70. The van der Waals surface area contributed by atoms with Gasteiger partial charge < -0.3 is 15.4 Å². The minimum absolute atomic E-state index is 0.0480. The van der Waals surface area contributed by atoms with Crippen molar-refractivity contribution in [3.8, 4) is 5.75 Å². The van der Waals surface area contributed by atoms with Gasteiger partial charge in [-0.25, -0.2) is 0 Å². The third-order valence-electron chi connectivity index (χ3n) is 3.26. The molecule has 0 spiro atoms. The largest absolute Gasteiger partial charge is 0.494 e. The van der Waals surface area contributed by atoms with Gasteiger partial charge in [-0.2, -0.15) is 0 Å². The molecule has 2 N–H and O–H groups in total. The van der Waals surface area contributed by atoms with Crippen molar-refractivity contribution in [1.82, 2.24) is 4.90 Å². The molecular formula is C15H20N2O2S. The molecule has 2 rings (SSSR count). The van der Waals surface area contributed by atoms with E-state index in [1.807, 2.05) is 36.1 Å². The first-order valence-corrected chi connectivity index (χ1v) is 7.34. The predicted molar refractivity (Wildman–Crippen MR) is 83.1 cm³/mol. The molecule has 1 fully saturated rings. The van der Waals surface area contributed by atoms with Crippen molar-refractivity contribution in [3.05, 3.63) is 29.8 Å². The first-order valence-electron chi connectivity index (χ1n) is 6.94. The zero-order valence-corrected chi connectivity index (χ0v) is 12.5. The Bertz CT molecular complexity index is 483. The summed E-state index contributed by atoms with van der Waals surface area (Å²) in [6.07, 6.45) is 2.72. The SMILES string of the molecule is CCOc1ccc(C(=O)N(CCC(N)=S)C2CC2)cc1. The van der Waals surface area contributed by atoms with Crippen LogP contribution in [0.4, 0.5) is 0 Å². The number of carbonyl (C=O) groups is 1. The number of ether oxygens (including phenoxy) is 1. The molecule has 0 atom stereocenters. The summed E-state index contributed by atoms with van der Waals surface area (Å²) < 4.78 is 5.38. The van der Waals surface area contributed by atoms with Crippen molar-refractivity contribution in [2.75, 3.05) is 13.2 Å². The molecule has 1 amide bonds. The molecule has 1 aromatic carbocycles. The van der Waals surface area contributed by atoms with E-state index >= 15 is 0 Å². The molecule has 0 heterocycles. The van der Waals surface area contributed by atoms with Crippen LogP contribution in [-0.4, -0.2) is 35.0 Å². The minimum atomic E-state index is 0.0480. The maximum absolute atomic E-state index is 12.5. The van der Waals surface area contributed by atoms with Gasteiger partial charge in [0, 0.05) is 24.6 Å². The fourth-order valence-corrected chi connectivity index (χ4v) is 2.18. The van der Waals surface area contributed by atoms with Crippen molar-refractivity contribution in [3.63, 3.8) is 0 Å². The number of thiocarbonyl (C=S) groups is 1. The fraction of sp³-hybridized carbons (Fsp3) is 0.467. The average molecular weight is 292 g/mol. The Hall–Kier alpha value is -1.62. The fourth-order valence-electron chi connectivity index (χ4n) is 2.09. The lowest BCUT2D eigenvalue weighted by molar-refractivity contribution is 0.0748. The highest BCUT2D eigenvalue weighted by atomic mass is 32.1. The van der Waals surface area contributed by atoms with Crippen molar-refractivity contribution in [1.29, 1.82) is 0 Å². The van der Waals surface area contributed by atoms with Gasteiger partial charge in [0.05, 0.1) is 11.6 Å². The molecule has 0 saturated heterocycles. The molecule has 1 aliphatic carbocycles. The monoisotopic (exact) mass is 292 g/mol. The van der Waals surface area contributed by atoms with Crippen molar-refractivity contribution >= 4 is 23.1 Å². The van der Waals surface area contributed by atoms with Crippen molar-refractivity contribution < 1.29 is 9.53 Å². The molecule has 0 unspecified atom stereocenters. The van der Waals surface area contributed by atoms with Gasteiger partial charge >= 0.3 is 0 Å². The lowest BCUT2D eigenvalue weighted by Crippen LogP contribution is -2.35. The van der Waals surface area contributed by atoms with Gasteiger partial charge in [0.1, 0.15) is 5.75 Å². The topological polar surface area (TPSA) is 55.6 Å². The maximum Gasteiger partial charge on any atom is 0.254 e. The summed E-state index contributed by atoms with van der Waals surface area (Å²) in [5.74, 6) is 0.831. The zero-order chi connectivity index (χ0) is 14.5. The lowest BCUT2D eigenvalue weighted by Gasteiger charge is -2.22. The summed E-state index contributed by atoms with van der Waals surface area (Å²) in [6, 6.07) is 7.63. The highest BCUT2D eigenvalue weighted by Crippen LogP contribution is 2.28. The summed E-state index contributed by atoms with van der Waals surface area (Å²) in [5, 5.41) is 0. The second-order valence-electron chi connectivity index (χ2n) is 4.90. The molecule has 0 aliphatic heterocycles. The van der Waals surface area contributed by atoms with E-state index in [2.05, 4.69) is 0 Å². The molecule has 1 aliphatic rings. The summed E-state index contributed by atoms with van der Waals surface area (Å²) in [6.45, 7) is 3.16. The maximum atomic E-state index is 12.5. The second-order valence-corrected chi connectivity index (χ2v) is 5.43. The van der Waals surface area contributed by atoms with Crippen molar-refractivity contribution in [2.24, 2.45) is 5.73 Å². The Balaban J connectivity index is 2.04. The molecule has 1 aromatic rings. The summed E-state index contributed by atoms with van der Waals surface area (Å²) in [7, 11) is 0. The van der Waals surface area contributed by atoms with Crippen LogP contribution in [0.3, 0.4) is 0 Å². The Labute approximate surface area is 124 Å². The van der Waals surface area contributed by atoms with E-state index in [0.717, 1.165) is 18.6 Å². The standard InChI is InChI=1S/C15H20N2O2S/c1-2-19-13-7-3-11(4-8-13)15(18)17(12-5-6-12)10-9-14(16)20/h3-4,7-8,12H,2,5-6,9-10H2,1H3,(H2,16,20). The molecule has 5 heteroatoms. The van der Waals surface area contributed by atoms with Gasteiger partial charge in [0.25, 0.3) is 5.91 Å². The number of amides is 1. The summed E-state index contributed by atoms with van der Waals surface area (Å²) in [5.41, 5.74) is 6.21. The number of nitrogens with two attached hydrogens (primary N) is 1. The molecule has 108 valence electrons. The van der Waals surface area contributed by atoms with Crippen molar-refractivity contribution in [2.45, 2.75) is 32.2 Å². The molecule has 0 radical (unpaired) electrons. The number of hydrogen-bond acceptors (Lipinski definition) is 3. The van der Waals surface area contributed by atoms with Crippen LogP contribution in [-0.2, 0) is 0 Å². The van der Waals surface area contributed by atoms with Crippen LogP contribution in [0.5, 0.6) is 5.75 Å². The normalized spacial score (nSPS) is 13.8. The molecule has 0 aromatic heterocycles. The first kappa shape index (κ1) is 14.8. The van der Waals surface area contributed by atoms with Crippen LogP contribution >= 0.6 is 12.2 Å². The Morgan fingerprint density at radius 3 is 2.55 bits per heavy atom. The highest BCUT2D eigenvalue weighted by molar-refractivity contribution is 7.80. The Kier molecular flexibility index (Phi) is 4.95. The number of hydrogen-bond donors (Lipinski definition) is 1. The van der Waals surface area contributed by atoms with E-state index in [1.54, 1.807) is 0 Å². The number of carbonyl (C=O) groups excluding carboxylic acids is 1. The van der Waals surface area contributed by atoms with Crippen LogP contribution in [0, 0.1) is 0 Å². The van der Waals surface area contributed by atoms with Crippen LogP contribution < -0.4 is 10.5 Å². The first-order chi connectivity index (χ1) is 9.61. The van der Waals surface area contributed by atoms with Gasteiger partial charge in [-0.05, 0) is 44.0 Å². The van der Waals surface area contributed by atoms with Gasteiger partial charge in [0.2, 0.25) is 0 Å². The van der Waals surface area contributed by atoms with E-state index in [0.29, 0.717) is 36.2 Å². The number of nitrogens with zero attached hydrogens (tertiary/aromatic N) is 1. The van der Waals surface area contributed by atoms with E-state index in [1.165, 1.54) is 0 Å². The molecule has 4 nitrogen and oxygen atoms in total. The Morgan fingerprint density at radius 2 is 2.05 bits per heavy atom. The molecule has 20 heavy (non-hydrogen) atoms. The van der Waals surface area contributed by atoms with Gasteiger partial charge in [-0.15, -0.1) is 0 Å². The Morgan fingerprint density at radius 1 is 1.40 bits per heavy atom. The van der Waals surface area contributed by atoms with E-state index in [-0.39, 0.29) is 5.91 Å². The van der Waals surface area contributed by atoms with E-state index in [9.17, 15) is 4.79 Å². The van der Waals surface area contributed by atoms with Gasteiger partial charge in [0.15, 0.2) is 0 Å². The molecular weight excluding hydrogens is 272 g/mol. The smallest absolute Gasteiger partial charge is 0.254 e. The summed E-state index contributed by atoms with van der Waals surface area (Å²) >= 11 is 4.89. The van der Waals surface area contributed by atoms with E-state index < -0.39 is 0 Å². The summed E-state index contributed by atoms with van der Waals surface area (Å²) in [4.78, 5) is 14.8. The zero-order valence-electron chi connectivity index (χ0n) is 11.7. The quantitative estimate of drug-likeness (QED) is 0.784. The van der Waals surface area contributed by atoms with Gasteiger partial charge in [-0.3, -0.25) is 4.79 Å². The molecule has 0 bridgehead atoms. The van der Waals surface area contributed by atoms with Crippen LogP contribution in [0.2, 0.25) is 0 Å². The van der Waals surface area contributed by atoms with E-state index in [4.69, 9.17) is 22.7 Å². The third-order valence-corrected chi connectivity index (χ3v) is 3.46. The highest BCUT2D eigenvalue weighted by Gasteiger charge is 2.32. The lowest BCUT2D eigenvalue weighted by atomic mass is 10.2. The predicted octanol–water partition coefficient (Wildman–Crippen LogP) is 2.37. The average Bonchev–Trinajstić information content (AvgIpc) is 3.24.